The van der Waals surface area contributed by atoms with Gasteiger partial charge in [0, 0.05) is 13.7 Å². The molecule has 3 nitrogen and oxygen atoms in total. The lowest BCUT2D eigenvalue weighted by Crippen LogP contribution is -2.02. The predicted molar refractivity (Wildman–Crippen MR) is 31.5 cm³/mol. The molecule has 0 fully saturated rings. The molecule has 0 bridgehead atoms. The average Bonchev–Trinajstić information content (AvgIpc) is 1.72. The molecule has 4 N–H and O–H groups in total. The summed E-state index contributed by atoms with van der Waals surface area (Å²) in [6.45, 7) is 0.472. The SMILES string of the molecule is CO.Cl.NCCO. The normalized spacial score (nSPS) is 5.14. The molecular formula is C3H12ClNO2. The average molecular weight is 130 g/mol. The standard InChI is InChI=1S/C2H7NO.CH4O.ClH/c3-1-2-4;1-2;/h4H,1-3H2;2H,1H3;1H. The molecule has 0 rings (SSSR count). The molecule has 0 aliphatic carbocycles. The maximum atomic E-state index is 7.75. The van der Waals surface area contributed by atoms with Gasteiger partial charge in [0.1, 0.15) is 0 Å². The zero-order valence-corrected chi connectivity index (χ0v) is 5.11. The molecule has 0 saturated carbocycles. The molecule has 0 radical (unpaired) electrons. The minimum atomic E-state index is 0. The molecule has 0 aliphatic rings. The van der Waals surface area contributed by atoms with Crippen molar-refractivity contribution >= 4 is 12.4 Å². The lowest BCUT2D eigenvalue weighted by molar-refractivity contribution is 0.306. The first-order valence-electron chi connectivity index (χ1n) is 1.67. The van der Waals surface area contributed by atoms with Crippen LogP contribution in [0.15, 0.2) is 0 Å². The first kappa shape index (κ1) is 15.7. The molecule has 0 unspecified atom stereocenters. The van der Waals surface area contributed by atoms with Crippen LogP contribution in [0.5, 0.6) is 0 Å². The van der Waals surface area contributed by atoms with Crippen LogP contribution in [0.3, 0.4) is 0 Å². The first-order chi connectivity index (χ1) is 2.91. The molecule has 7 heavy (non-hydrogen) atoms. The van der Waals surface area contributed by atoms with Gasteiger partial charge in [-0.25, -0.2) is 0 Å². The van der Waals surface area contributed by atoms with Crippen molar-refractivity contribution in [1.82, 2.24) is 0 Å². The summed E-state index contributed by atoms with van der Waals surface area (Å²) in [5, 5.41) is 14.8. The van der Waals surface area contributed by atoms with E-state index in [1.807, 2.05) is 0 Å². The van der Waals surface area contributed by atoms with Gasteiger partial charge < -0.3 is 15.9 Å². The van der Waals surface area contributed by atoms with Gasteiger partial charge in [-0.15, -0.1) is 12.4 Å². The fourth-order valence-corrected chi connectivity index (χ4v) is 0. The fourth-order valence-electron chi connectivity index (χ4n) is 0. The molecule has 4 heteroatoms. The second kappa shape index (κ2) is 35.0. The first-order valence-corrected chi connectivity index (χ1v) is 1.67. The number of halogens is 1. The van der Waals surface area contributed by atoms with Crippen molar-refractivity contribution in [1.29, 1.82) is 0 Å². The lowest BCUT2D eigenvalue weighted by atomic mass is 10.8. The third-order valence-electron chi connectivity index (χ3n) is 0.129. The zero-order valence-electron chi connectivity index (χ0n) is 4.29. The van der Waals surface area contributed by atoms with Gasteiger partial charge in [0.2, 0.25) is 0 Å². The van der Waals surface area contributed by atoms with E-state index in [4.69, 9.17) is 15.9 Å². The quantitative estimate of drug-likeness (QED) is 0.424. The van der Waals surface area contributed by atoms with Gasteiger partial charge in [-0.2, -0.15) is 0 Å². The Bertz CT molecular complexity index is 14.9. The molecule has 0 amide bonds. The third-order valence-corrected chi connectivity index (χ3v) is 0.129. The van der Waals surface area contributed by atoms with E-state index in [1.165, 1.54) is 0 Å². The molecule has 0 aromatic rings. The molecule has 48 valence electrons. The van der Waals surface area contributed by atoms with Crippen LogP contribution in [0.2, 0.25) is 0 Å². The predicted octanol–water partition coefficient (Wildman–Crippen LogP) is -1.03. The van der Waals surface area contributed by atoms with Crippen LogP contribution in [-0.2, 0) is 0 Å². The van der Waals surface area contributed by atoms with Gasteiger partial charge in [0.05, 0.1) is 6.61 Å². The third kappa shape index (κ3) is 78.4. The van der Waals surface area contributed by atoms with Gasteiger partial charge in [0.25, 0.3) is 0 Å². The summed E-state index contributed by atoms with van der Waals surface area (Å²) in [7, 11) is 1.00. The second-order valence-corrected chi connectivity index (χ2v) is 0.512. The maximum Gasteiger partial charge on any atom is 0.0553 e. The molecule has 0 spiro atoms. The minimum absolute atomic E-state index is 0. The molecule has 0 aromatic carbocycles. The Hall–Kier alpha value is 0.170. The van der Waals surface area contributed by atoms with Gasteiger partial charge in [0.15, 0.2) is 0 Å². The van der Waals surface area contributed by atoms with Crippen LogP contribution in [0.25, 0.3) is 0 Å². The van der Waals surface area contributed by atoms with Gasteiger partial charge in [-0.3, -0.25) is 0 Å². The van der Waals surface area contributed by atoms with E-state index < -0.39 is 0 Å². The second-order valence-electron chi connectivity index (χ2n) is 0.512. The number of hydrogen-bond donors (Lipinski definition) is 3. The van der Waals surface area contributed by atoms with Crippen molar-refractivity contribution in [3.05, 3.63) is 0 Å². The maximum absolute atomic E-state index is 7.75. The van der Waals surface area contributed by atoms with Crippen molar-refractivity contribution in [3.8, 4) is 0 Å². The molecule has 0 aliphatic heterocycles. The van der Waals surface area contributed by atoms with E-state index in [1.54, 1.807) is 0 Å². The van der Waals surface area contributed by atoms with Crippen LogP contribution in [-0.4, -0.2) is 30.5 Å². The van der Waals surface area contributed by atoms with Crippen molar-refractivity contribution in [2.45, 2.75) is 0 Å². The van der Waals surface area contributed by atoms with E-state index in [2.05, 4.69) is 0 Å². The highest BCUT2D eigenvalue weighted by Gasteiger charge is 1.56. The van der Waals surface area contributed by atoms with Crippen LogP contribution < -0.4 is 5.73 Å². The summed E-state index contributed by atoms with van der Waals surface area (Å²) in [4.78, 5) is 0. The number of aliphatic hydroxyl groups is 2. The smallest absolute Gasteiger partial charge is 0.0553 e. The van der Waals surface area contributed by atoms with E-state index >= 15 is 0 Å². The van der Waals surface area contributed by atoms with Crippen molar-refractivity contribution in [3.63, 3.8) is 0 Å². The van der Waals surface area contributed by atoms with Crippen LogP contribution in [0.1, 0.15) is 0 Å². The Kier molecular flexibility index (Phi) is 78.5. The Morgan fingerprint density at radius 3 is 1.57 bits per heavy atom. The largest absolute Gasteiger partial charge is 0.400 e. The van der Waals surface area contributed by atoms with Crippen molar-refractivity contribution in [2.75, 3.05) is 20.3 Å². The number of nitrogens with two attached hydrogens (primary N) is 1. The van der Waals surface area contributed by atoms with Crippen LogP contribution >= 0.6 is 12.4 Å². The highest BCUT2D eigenvalue weighted by Crippen LogP contribution is 1.33. The molecule has 0 atom stereocenters. The summed E-state index contributed by atoms with van der Waals surface area (Å²) < 4.78 is 0. The van der Waals surface area contributed by atoms with E-state index in [9.17, 15) is 0 Å². The summed E-state index contributed by atoms with van der Waals surface area (Å²) in [6, 6.07) is 0. The fraction of sp³-hybridized carbons (Fsp3) is 1.00. The number of aliphatic hydroxyl groups excluding tert-OH is 2. The van der Waals surface area contributed by atoms with E-state index in [0.29, 0.717) is 6.54 Å². The molecule has 0 heterocycles. The molecule has 0 aromatic heterocycles. The highest BCUT2D eigenvalue weighted by atomic mass is 35.5. The van der Waals surface area contributed by atoms with E-state index in [-0.39, 0.29) is 19.0 Å². The number of rotatable bonds is 1. The Morgan fingerprint density at radius 2 is 1.57 bits per heavy atom. The van der Waals surface area contributed by atoms with Crippen molar-refractivity contribution < 1.29 is 10.2 Å². The van der Waals surface area contributed by atoms with Crippen LogP contribution in [0, 0.1) is 0 Å². The summed E-state index contributed by atoms with van der Waals surface area (Å²) in [6.07, 6.45) is 0. The lowest BCUT2D eigenvalue weighted by Gasteiger charge is -1.71. The minimum Gasteiger partial charge on any atom is -0.400 e. The summed E-state index contributed by atoms with van der Waals surface area (Å²) in [5.74, 6) is 0. The van der Waals surface area contributed by atoms with Gasteiger partial charge >= 0.3 is 0 Å². The Balaban J connectivity index is -0.0000000480. The monoisotopic (exact) mass is 129 g/mol. The van der Waals surface area contributed by atoms with Gasteiger partial charge in [-0.1, -0.05) is 0 Å². The zero-order chi connectivity index (χ0) is 5.41. The highest BCUT2D eigenvalue weighted by molar-refractivity contribution is 5.85. The molecular weight excluding hydrogens is 117 g/mol. The summed E-state index contributed by atoms with van der Waals surface area (Å²) >= 11 is 0. The van der Waals surface area contributed by atoms with Crippen LogP contribution in [0.4, 0.5) is 0 Å². The Labute approximate surface area is 49.6 Å². The summed E-state index contributed by atoms with van der Waals surface area (Å²) in [5.41, 5.74) is 4.78. The Morgan fingerprint density at radius 1 is 1.43 bits per heavy atom. The van der Waals surface area contributed by atoms with Gasteiger partial charge in [-0.05, 0) is 0 Å². The van der Waals surface area contributed by atoms with E-state index in [0.717, 1.165) is 7.11 Å². The topological polar surface area (TPSA) is 66.5 Å². The van der Waals surface area contributed by atoms with Crippen molar-refractivity contribution in [2.24, 2.45) is 5.73 Å². The number of hydrogen-bond acceptors (Lipinski definition) is 3. The molecule has 0 saturated heterocycles.